The molecule has 0 unspecified atom stereocenters. The second-order valence-corrected chi connectivity index (χ2v) is 9.02. The lowest BCUT2D eigenvalue weighted by Crippen LogP contribution is -2.38. The summed E-state index contributed by atoms with van der Waals surface area (Å²) in [6, 6.07) is 16.5. The van der Waals surface area contributed by atoms with E-state index in [1.807, 2.05) is 48.2 Å². The van der Waals surface area contributed by atoms with Crippen LogP contribution < -0.4 is 19.5 Å². The van der Waals surface area contributed by atoms with Gasteiger partial charge in [-0.2, -0.15) is 0 Å². The Balaban J connectivity index is 1.44. The van der Waals surface area contributed by atoms with Crippen molar-refractivity contribution in [2.45, 2.75) is 32.2 Å². The number of ether oxygens (including phenoxy) is 3. The second kappa shape index (κ2) is 11.8. The topological polar surface area (TPSA) is 90.0 Å². The number of aryl methyl sites for hydroxylation is 1. The minimum atomic E-state index is -0.169. The molecule has 3 aromatic rings. The number of carbonyl (C=O) groups is 2. The standard InChI is InChI=1S/C29H33N3O5/c1-19-9-11-23(28(33)30-18-22-7-5-6-8-24(22)35-2)27(31-19)20-13-15-32(16-14-20)29(34)21-10-12-25(36-3)26(17-21)37-4/h5-12,17,20H,13-16,18H2,1-4H3,(H,30,33). The highest BCUT2D eigenvalue weighted by Gasteiger charge is 2.29. The molecule has 1 fully saturated rings. The number of benzene rings is 2. The first-order valence-electron chi connectivity index (χ1n) is 12.3. The van der Waals surface area contributed by atoms with E-state index in [4.69, 9.17) is 19.2 Å². The maximum absolute atomic E-state index is 13.2. The molecule has 2 heterocycles. The van der Waals surface area contributed by atoms with Gasteiger partial charge >= 0.3 is 0 Å². The molecule has 194 valence electrons. The van der Waals surface area contributed by atoms with Crippen molar-refractivity contribution in [1.29, 1.82) is 0 Å². The van der Waals surface area contributed by atoms with Crippen LogP contribution in [0.3, 0.4) is 0 Å². The number of pyridine rings is 1. The number of para-hydroxylation sites is 1. The Bertz CT molecular complexity index is 1270. The van der Waals surface area contributed by atoms with Gasteiger partial charge in [0.25, 0.3) is 11.8 Å². The number of aromatic nitrogens is 1. The van der Waals surface area contributed by atoms with Crippen molar-refractivity contribution in [3.8, 4) is 17.2 Å². The summed E-state index contributed by atoms with van der Waals surface area (Å²) in [7, 11) is 4.73. The molecule has 1 aliphatic heterocycles. The summed E-state index contributed by atoms with van der Waals surface area (Å²) in [5, 5.41) is 3.01. The molecule has 0 saturated carbocycles. The highest BCUT2D eigenvalue weighted by Crippen LogP contribution is 2.32. The molecule has 2 aromatic carbocycles. The van der Waals surface area contributed by atoms with Crippen molar-refractivity contribution in [3.63, 3.8) is 0 Å². The molecule has 0 radical (unpaired) electrons. The normalized spacial score (nSPS) is 13.7. The molecule has 1 aliphatic rings. The Labute approximate surface area is 217 Å². The summed E-state index contributed by atoms with van der Waals surface area (Å²) in [5.41, 5.74) is 3.68. The number of carbonyl (C=O) groups excluding carboxylic acids is 2. The number of likely N-dealkylation sites (tertiary alicyclic amines) is 1. The summed E-state index contributed by atoms with van der Waals surface area (Å²) in [6.45, 7) is 3.44. The van der Waals surface area contributed by atoms with Crippen LogP contribution in [0, 0.1) is 6.92 Å². The van der Waals surface area contributed by atoms with Gasteiger partial charge in [0.05, 0.1) is 32.6 Å². The summed E-state index contributed by atoms with van der Waals surface area (Å²) in [4.78, 5) is 32.9. The third kappa shape index (κ3) is 5.85. The first-order valence-corrected chi connectivity index (χ1v) is 12.3. The average Bonchev–Trinajstić information content (AvgIpc) is 2.95. The fourth-order valence-corrected chi connectivity index (χ4v) is 4.71. The number of nitrogens with one attached hydrogen (secondary N) is 1. The molecule has 0 atom stereocenters. The lowest BCUT2D eigenvalue weighted by Gasteiger charge is -2.32. The SMILES string of the molecule is COc1ccccc1CNC(=O)c1ccc(C)nc1C1CCN(C(=O)c2ccc(OC)c(OC)c2)CC1. The van der Waals surface area contributed by atoms with Crippen molar-refractivity contribution >= 4 is 11.8 Å². The molecule has 37 heavy (non-hydrogen) atoms. The predicted octanol–water partition coefficient (Wildman–Crippen LogP) is 4.37. The molecule has 1 aromatic heterocycles. The van der Waals surface area contributed by atoms with Gasteiger partial charge in [-0.05, 0) is 56.2 Å². The maximum Gasteiger partial charge on any atom is 0.253 e. The van der Waals surface area contributed by atoms with Gasteiger partial charge in [0, 0.05) is 42.4 Å². The van der Waals surface area contributed by atoms with Crippen LogP contribution in [0.5, 0.6) is 17.2 Å². The van der Waals surface area contributed by atoms with Gasteiger partial charge in [0.2, 0.25) is 0 Å². The van der Waals surface area contributed by atoms with E-state index in [0.29, 0.717) is 42.3 Å². The number of rotatable bonds is 8. The largest absolute Gasteiger partial charge is 0.496 e. The molecule has 0 bridgehead atoms. The van der Waals surface area contributed by atoms with Crippen LogP contribution in [0.1, 0.15) is 56.4 Å². The Morgan fingerprint density at radius 1 is 0.919 bits per heavy atom. The molecular weight excluding hydrogens is 470 g/mol. The molecule has 1 N–H and O–H groups in total. The average molecular weight is 504 g/mol. The van der Waals surface area contributed by atoms with Gasteiger partial charge in [-0.15, -0.1) is 0 Å². The fourth-order valence-electron chi connectivity index (χ4n) is 4.71. The monoisotopic (exact) mass is 503 g/mol. The number of hydrogen-bond acceptors (Lipinski definition) is 6. The van der Waals surface area contributed by atoms with Gasteiger partial charge in [-0.1, -0.05) is 18.2 Å². The minimum Gasteiger partial charge on any atom is -0.496 e. The zero-order chi connectivity index (χ0) is 26.4. The molecule has 0 spiro atoms. The van der Waals surface area contributed by atoms with Gasteiger partial charge in [0.15, 0.2) is 11.5 Å². The minimum absolute atomic E-state index is 0.0496. The van der Waals surface area contributed by atoms with E-state index in [1.54, 1.807) is 39.5 Å². The summed E-state index contributed by atoms with van der Waals surface area (Å²) < 4.78 is 16.0. The highest BCUT2D eigenvalue weighted by atomic mass is 16.5. The van der Waals surface area contributed by atoms with E-state index in [1.165, 1.54) is 0 Å². The molecule has 1 saturated heterocycles. The molecule has 4 rings (SSSR count). The summed E-state index contributed by atoms with van der Waals surface area (Å²) in [6.07, 6.45) is 1.45. The van der Waals surface area contributed by atoms with Crippen LogP contribution in [-0.4, -0.2) is 56.1 Å². The first kappa shape index (κ1) is 26.0. The second-order valence-electron chi connectivity index (χ2n) is 9.02. The van der Waals surface area contributed by atoms with Crippen LogP contribution in [0.15, 0.2) is 54.6 Å². The van der Waals surface area contributed by atoms with Crippen LogP contribution in [0.25, 0.3) is 0 Å². The number of nitrogens with zero attached hydrogens (tertiary/aromatic N) is 2. The third-order valence-electron chi connectivity index (χ3n) is 6.74. The van der Waals surface area contributed by atoms with E-state index in [9.17, 15) is 9.59 Å². The van der Waals surface area contributed by atoms with E-state index >= 15 is 0 Å². The zero-order valence-electron chi connectivity index (χ0n) is 21.7. The zero-order valence-corrected chi connectivity index (χ0v) is 21.7. The quantitative estimate of drug-likeness (QED) is 0.491. The fraction of sp³-hybridized carbons (Fsp3) is 0.345. The van der Waals surface area contributed by atoms with Gasteiger partial charge in [0.1, 0.15) is 5.75 Å². The van der Waals surface area contributed by atoms with Crippen molar-refractivity contribution in [2.24, 2.45) is 0 Å². The molecule has 8 heteroatoms. The Hall–Kier alpha value is -4.07. The van der Waals surface area contributed by atoms with Gasteiger partial charge in [-0.3, -0.25) is 14.6 Å². The van der Waals surface area contributed by atoms with Crippen LogP contribution in [0.2, 0.25) is 0 Å². The van der Waals surface area contributed by atoms with Crippen molar-refractivity contribution in [1.82, 2.24) is 15.2 Å². The lowest BCUT2D eigenvalue weighted by atomic mass is 9.89. The number of hydrogen-bond donors (Lipinski definition) is 1. The number of amides is 2. The van der Waals surface area contributed by atoms with E-state index in [0.717, 1.165) is 35.5 Å². The molecule has 2 amide bonds. The molecular formula is C29H33N3O5. The number of piperidine rings is 1. The number of methoxy groups -OCH3 is 3. The van der Waals surface area contributed by atoms with Crippen LogP contribution in [0.4, 0.5) is 0 Å². The van der Waals surface area contributed by atoms with E-state index in [-0.39, 0.29) is 17.7 Å². The van der Waals surface area contributed by atoms with Crippen molar-refractivity contribution in [3.05, 3.63) is 82.7 Å². The molecule has 0 aliphatic carbocycles. The summed E-state index contributed by atoms with van der Waals surface area (Å²) >= 11 is 0. The van der Waals surface area contributed by atoms with Crippen molar-refractivity contribution < 1.29 is 23.8 Å². The molecule has 8 nitrogen and oxygen atoms in total. The Morgan fingerprint density at radius 2 is 1.62 bits per heavy atom. The highest BCUT2D eigenvalue weighted by molar-refractivity contribution is 5.96. The first-order chi connectivity index (χ1) is 17.9. The van der Waals surface area contributed by atoms with Crippen LogP contribution in [-0.2, 0) is 6.54 Å². The van der Waals surface area contributed by atoms with E-state index < -0.39 is 0 Å². The summed E-state index contributed by atoms with van der Waals surface area (Å²) in [5.74, 6) is 1.71. The van der Waals surface area contributed by atoms with Crippen LogP contribution >= 0.6 is 0 Å². The Kier molecular flexibility index (Phi) is 8.28. The predicted molar refractivity (Wildman–Crippen MR) is 141 cm³/mol. The lowest BCUT2D eigenvalue weighted by molar-refractivity contribution is 0.0710. The van der Waals surface area contributed by atoms with E-state index in [2.05, 4.69) is 5.32 Å². The van der Waals surface area contributed by atoms with Gasteiger partial charge < -0.3 is 24.4 Å². The van der Waals surface area contributed by atoms with Gasteiger partial charge in [-0.25, -0.2) is 0 Å². The third-order valence-corrected chi connectivity index (χ3v) is 6.74. The smallest absolute Gasteiger partial charge is 0.253 e. The van der Waals surface area contributed by atoms with Crippen molar-refractivity contribution in [2.75, 3.05) is 34.4 Å². The Morgan fingerprint density at radius 3 is 2.32 bits per heavy atom. The maximum atomic E-state index is 13.2.